The molecule has 0 saturated heterocycles. The Kier molecular flexibility index (Phi) is 4.74. The van der Waals surface area contributed by atoms with Crippen LogP contribution in [0.3, 0.4) is 0 Å². The number of aromatic nitrogens is 2. The van der Waals surface area contributed by atoms with Crippen LogP contribution in [0.1, 0.15) is 16.1 Å². The summed E-state index contributed by atoms with van der Waals surface area (Å²) in [5, 5.41) is 2.46. The predicted molar refractivity (Wildman–Crippen MR) is 79.8 cm³/mol. The van der Waals surface area contributed by atoms with Gasteiger partial charge in [0.1, 0.15) is 5.15 Å². The second-order valence-electron chi connectivity index (χ2n) is 4.77. The molecular weight excluding hydrogens is 333 g/mol. The van der Waals surface area contributed by atoms with Gasteiger partial charge in [-0.05, 0) is 18.2 Å². The number of alkyl halides is 3. The van der Waals surface area contributed by atoms with Gasteiger partial charge in [0.05, 0.1) is 16.9 Å². The zero-order valence-corrected chi connectivity index (χ0v) is 12.9. The van der Waals surface area contributed by atoms with Crippen molar-refractivity contribution >= 4 is 28.9 Å². The lowest BCUT2D eigenvalue weighted by atomic mass is 10.2. The molecular formula is C14H12ClF3N4O. The van der Waals surface area contributed by atoms with Gasteiger partial charge in [0.2, 0.25) is 0 Å². The average molecular weight is 345 g/mol. The lowest BCUT2D eigenvalue weighted by molar-refractivity contribution is -0.137. The molecule has 2 rings (SSSR count). The minimum absolute atomic E-state index is 0.00133. The number of rotatable bonds is 3. The number of carbonyl (C=O) groups excluding carboxylic acids is 1. The number of nitrogens with one attached hydrogen (secondary N) is 1. The topological polar surface area (TPSA) is 58.1 Å². The van der Waals surface area contributed by atoms with E-state index in [0.29, 0.717) is 6.20 Å². The standard InChI is InChI=1S/C14H12ClF3N4O/c1-22(2)13(23)12-9(4-3-5-19-12)21-10-6-11(15)20-7-8(10)14(16,17)18/h3-7H,1-2H3,(H,20,21). The van der Waals surface area contributed by atoms with Crippen molar-refractivity contribution in [3.05, 3.63) is 47.0 Å². The molecule has 0 bridgehead atoms. The zero-order chi connectivity index (χ0) is 17.2. The van der Waals surface area contributed by atoms with E-state index in [4.69, 9.17) is 11.6 Å². The number of pyridine rings is 2. The van der Waals surface area contributed by atoms with Crippen LogP contribution in [0, 0.1) is 0 Å². The summed E-state index contributed by atoms with van der Waals surface area (Å²) in [6.07, 6.45) is -2.60. The van der Waals surface area contributed by atoms with E-state index in [1.165, 1.54) is 37.3 Å². The third kappa shape index (κ3) is 3.89. The van der Waals surface area contributed by atoms with Gasteiger partial charge >= 0.3 is 6.18 Å². The molecule has 0 atom stereocenters. The Morgan fingerprint density at radius 3 is 2.57 bits per heavy atom. The van der Waals surface area contributed by atoms with E-state index in [9.17, 15) is 18.0 Å². The Labute approximate surface area is 135 Å². The van der Waals surface area contributed by atoms with Crippen molar-refractivity contribution < 1.29 is 18.0 Å². The summed E-state index contributed by atoms with van der Waals surface area (Å²) in [5.41, 5.74) is -1.16. The van der Waals surface area contributed by atoms with Gasteiger partial charge in [-0.3, -0.25) is 4.79 Å². The third-order valence-electron chi connectivity index (χ3n) is 2.86. The normalized spacial score (nSPS) is 11.2. The highest BCUT2D eigenvalue weighted by Crippen LogP contribution is 2.36. The molecule has 0 aromatic carbocycles. The lowest BCUT2D eigenvalue weighted by Crippen LogP contribution is -2.24. The van der Waals surface area contributed by atoms with Crippen LogP contribution in [0.4, 0.5) is 24.5 Å². The van der Waals surface area contributed by atoms with Crippen LogP contribution in [0.5, 0.6) is 0 Å². The summed E-state index contributed by atoms with van der Waals surface area (Å²) < 4.78 is 39.2. The Balaban J connectivity index is 2.49. The number of carbonyl (C=O) groups is 1. The van der Waals surface area contributed by atoms with Crippen LogP contribution in [-0.4, -0.2) is 34.9 Å². The van der Waals surface area contributed by atoms with E-state index in [1.807, 2.05) is 0 Å². The quantitative estimate of drug-likeness (QED) is 0.864. The first-order valence-electron chi connectivity index (χ1n) is 6.36. The van der Waals surface area contributed by atoms with Crippen LogP contribution in [0.15, 0.2) is 30.6 Å². The summed E-state index contributed by atoms with van der Waals surface area (Å²) in [6, 6.07) is 4.00. The Bertz CT molecular complexity index is 734. The number of anilines is 2. The van der Waals surface area contributed by atoms with Gasteiger partial charge in [-0.1, -0.05) is 11.6 Å². The predicted octanol–water partition coefficient (Wildman–Crippen LogP) is 3.59. The molecule has 0 aliphatic rings. The van der Waals surface area contributed by atoms with Crippen molar-refractivity contribution in [2.45, 2.75) is 6.18 Å². The maximum Gasteiger partial charge on any atom is 0.419 e. The van der Waals surface area contributed by atoms with E-state index >= 15 is 0 Å². The van der Waals surface area contributed by atoms with Gasteiger partial charge < -0.3 is 10.2 Å². The second kappa shape index (κ2) is 6.41. The Morgan fingerprint density at radius 2 is 1.96 bits per heavy atom. The molecule has 0 spiro atoms. The monoisotopic (exact) mass is 344 g/mol. The van der Waals surface area contributed by atoms with Crippen LogP contribution >= 0.6 is 11.6 Å². The maximum absolute atomic E-state index is 13.1. The fraction of sp³-hybridized carbons (Fsp3) is 0.214. The van der Waals surface area contributed by atoms with Crippen LogP contribution in [0.2, 0.25) is 5.15 Å². The van der Waals surface area contributed by atoms with Crippen molar-refractivity contribution in [1.82, 2.24) is 14.9 Å². The number of halogens is 4. The van der Waals surface area contributed by atoms with Crippen molar-refractivity contribution in [1.29, 1.82) is 0 Å². The highest BCUT2D eigenvalue weighted by atomic mass is 35.5. The zero-order valence-electron chi connectivity index (χ0n) is 12.1. The first kappa shape index (κ1) is 17.0. The smallest absolute Gasteiger partial charge is 0.353 e. The molecule has 0 saturated carbocycles. The van der Waals surface area contributed by atoms with Gasteiger partial charge in [-0.25, -0.2) is 9.97 Å². The van der Waals surface area contributed by atoms with Gasteiger partial charge in [0.15, 0.2) is 5.69 Å². The second-order valence-corrected chi connectivity index (χ2v) is 5.16. The van der Waals surface area contributed by atoms with Crippen molar-refractivity contribution in [2.24, 2.45) is 0 Å². The summed E-state index contributed by atoms with van der Waals surface area (Å²) in [4.78, 5) is 20.7. The molecule has 0 aliphatic carbocycles. The molecule has 5 nitrogen and oxygen atoms in total. The summed E-state index contributed by atoms with van der Waals surface area (Å²) in [7, 11) is 3.04. The molecule has 2 heterocycles. The lowest BCUT2D eigenvalue weighted by Gasteiger charge is -2.17. The fourth-order valence-corrected chi connectivity index (χ4v) is 1.95. The molecule has 23 heavy (non-hydrogen) atoms. The molecule has 122 valence electrons. The van der Waals surface area contributed by atoms with E-state index in [0.717, 1.165) is 6.07 Å². The molecule has 9 heteroatoms. The highest BCUT2D eigenvalue weighted by Gasteiger charge is 2.34. The van der Waals surface area contributed by atoms with Gasteiger partial charge in [-0.15, -0.1) is 0 Å². The van der Waals surface area contributed by atoms with E-state index < -0.39 is 17.6 Å². The minimum atomic E-state index is -4.62. The molecule has 0 aliphatic heterocycles. The van der Waals surface area contributed by atoms with Gasteiger partial charge in [-0.2, -0.15) is 13.2 Å². The number of nitrogens with zero attached hydrogens (tertiary/aromatic N) is 3. The van der Waals surface area contributed by atoms with Gasteiger partial charge in [0.25, 0.3) is 5.91 Å². The molecule has 0 unspecified atom stereocenters. The molecule has 1 amide bonds. The first-order chi connectivity index (χ1) is 10.7. The number of hydrogen-bond acceptors (Lipinski definition) is 4. The molecule has 0 radical (unpaired) electrons. The summed E-state index contributed by atoms with van der Waals surface area (Å²) in [6.45, 7) is 0. The molecule has 2 aromatic heterocycles. The van der Waals surface area contributed by atoms with E-state index in [2.05, 4.69) is 15.3 Å². The summed E-state index contributed by atoms with van der Waals surface area (Å²) >= 11 is 5.68. The van der Waals surface area contributed by atoms with E-state index in [-0.39, 0.29) is 22.2 Å². The maximum atomic E-state index is 13.1. The summed E-state index contributed by atoms with van der Waals surface area (Å²) in [5.74, 6) is -0.443. The van der Waals surface area contributed by atoms with Crippen molar-refractivity contribution in [3.8, 4) is 0 Å². The fourth-order valence-electron chi connectivity index (χ4n) is 1.79. The number of hydrogen-bond donors (Lipinski definition) is 1. The average Bonchev–Trinajstić information content (AvgIpc) is 2.45. The Morgan fingerprint density at radius 1 is 1.26 bits per heavy atom. The van der Waals surface area contributed by atoms with Crippen molar-refractivity contribution in [3.63, 3.8) is 0 Å². The van der Waals surface area contributed by atoms with Crippen LogP contribution < -0.4 is 5.32 Å². The highest BCUT2D eigenvalue weighted by molar-refractivity contribution is 6.29. The SMILES string of the molecule is CN(C)C(=O)c1ncccc1Nc1cc(Cl)ncc1C(F)(F)F. The van der Waals surface area contributed by atoms with E-state index in [1.54, 1.807) is 0 Å². The number of amides is 1. The molecule has 2 aromatic rings. The molecule has 0 fully saturated rings. The van der Waals surface area contributed by atoms with Crippen LogP contribution in [0.25, 0.3) is 0 Å². The molecule has 1 N–H and O–H groups in total. The first-order valence-corrected chi connectivity index (χ1v) is 6.74. The largest absolute Gasteiger partial charge is 0.419 e. The van der Waals surface area contributed by atoms with Gasteiger partial charge in [0, 0.05) is 26.5 Å². The van der Waals surface area contributed by atoms with Crippen LogP contribution in [-0.2, 0) is 6.18 Å². The third-order valence-corrected chi connectivity index (χ3v) is 3.07. The minimum Gasteiger partial charge on any atom is -0.353 e. The van der Waals surface area contributed by atoms with Crippen molar-refractivity contribution in [2.75, 3.05) is 19.4 Å². The Hall–Kier alpha value is -2.35.